The molecule has 0 aliphatic heterocycles. The Morgan fingerprint density at radius 1 is 1.25 bits per heavy atom. The van der Waals surface area contributed by atoms with Crippen LogP contribution in [0, 0.1) is 13.8 Å². The van der Waals surface area contributed by atoms with Crippen molar-refractivity contribution in [1.29, 1.82) is 0 Å². The van der Waals surface area contributed by atoms with Crippen LogP contribution in [0.25, 0.3) is 5.69 Å². The summed E-state index contributed by atoms with van der Waals surface area (Å²) in [4.78, 5) is 11.6. The Morgan fingerprint density at radius 3 is 2.62 bits per heavy atom. The van der Waals surface area contributed by atoms with Crippen molar-refractivity contribution in [2.75, 3.05) is 0 Å². The number of benzene rings is 1. The van der Waals surface area contributed by atoms with Gasteiger partial charge in [0.15, 0.2) is 0 Å². The molecule has 0 atom stereocenters. The summed E-state index contributed by atoms with van der Waals surface area (Å²) in [5.41, 5.74) is 2.50. The lowest BCUT2D eigenvalue weighted by atomic mass is 10.1. The molecule has 0 bridgehead atoms. The van der Waals surface area contributed by atoms with Crippen molar-refractivity contribution >= 4 is 0 Å². The molecule has 0 spiro atoms. The molecular formula is C12H12N2O2. The van der Waals surface area contributed by atoms with Gasteiger partial charge in [-0.15, -0.1) is 0 Å². The van der Waals surface area contributed by atoms with Crippen molar-refractivity contribution in [3.05, 3.63) is 51.9 Å². The molecule has 82 valence electrons. The van der Waals surface area contributed by atoms with Gasteiger partial charge in [-0.3, -0.25) is 4.79 Å². The normalized spacial score (nSPS) is 10.4. The van der Waals surface area contributed by atoms with E-state index >= 15 is 0 Å². The third-order valence-corrected chi connectivity index (χ3v) is 2.37. The number of aromatic hydroxyl groups is 1. The van der Waals surface area contributed by atoms with Crippen molar-refractivity contribution in [3.8, 4) is 11.4 Å². The Balaban J connectivity index is 2.63. The summed E-state index contributed by atoms with van der Waals surface area (Å²) in [6.07, 6.45) is 1.25. The molecule has 2 aromatic rings. The Kier molecular flexibility index (Phi) is 2.48. The van der Waals surface area contributed by atoms with E-state index in [1.54, 1.807) is 0 Å². The molecule has 1 N–H and O–H groups in total. The van der Waals surface area contributed by atoms with Gasteiger partial charge in [-0.1, -0.05) is 17.7 Å². The lowest BCUT2D eigenvalue weighted by Crippen LogP contribution is -2.20. The lowest BCUT2D eigenvalue weighted by Gasteiger charge is -2.08. The van der Waals surface area contributed by atoms with E-state index in [4.69, 9.17) is 5.11 Å². The van der Waals surface area contributed by atoms with E-state index in [0.717, 1.165) is 22.9 Å². The highest BCUT2D eigenvalue weighted by atomic mass is 16.3. The first-order valence-electron chi connectivity index (χ1n) is 4.94. The van der Waals surface area contributed by atoms with Crippen LogP contribution in [-0.2, 0) is 0 Å². The van der Waals surface area contributed by atoms with Gasteiger partial charge < -0.3 is 5.11 Å². The Hall–Kier alpha value is -2.10. The maximum absolute atomic E-state index is 11.6. The van der Waals surface area contributed by atoms with Crippen molar-refractivity contribution in [3.63, 3.8) is 0 Å². The highest BCUT2D eigenvalue weighted by Gasteiger charge is 2.05. The van der Waals surface area contributed by atoms with Crippen LogP contribution in [0.5, 0.6) is 5.75 Å². The second kappa shape index (κ2) is 3.81. The molecule has 0 fully saturated rings. The zero-order valence-corrected chi connectivity index (χ0v) is 9.14. The molecule has 16 heavy (non-hydrogen) atoms. The van der Waals surface area contributed by atoms with Gasteiger partial charge in [0.1, 0.15) is 5.75 Å². The molecule has 0 aliphatic rings. The summed E-state index contributed by atoms with van der Waals surface area (Å²) >= 11 is 0. The number of hydrogen-bond donors (Lipinski definition) is 1. The highest BCUT2D eigenvalue weighted by Crippen LogP contribution is 2.13. The first-order valence-corrected chi connectivity index (χ1v) is 4.94. The van der Waals surface area contributed by atoms with Gasteiger partial charge in [0, 0.05) is 6.07 Å². The summed E-state index contributed by atoms with van der Waals surface area (Å²) in [5, 5.41) is 13.0. The first kappa shape index (κ1) is 10.4. The van der Waals surface area contributed by atoms with Crippen LogP contribution in [0.15, 0.2) is 35.3 Å². The maximum Gasteiger partial charge on any atom is 0.275 e. The van der Waals surface area contributed by atoms with E-state index in [0.29, 0.717) is 0 Å². The van der Waals surface area contributed by atoms with E-state index in [1.165, 1.54) is 10.9 Å². The third-order valence-electron chi connectivity index (χ3n) is 2.37. The molecule has 4 nitrogen and oxygen atoms in total. The summed E-state index contributed by atoms with van der Waals surface area (Å²) in [5.74, 6) is -0.119. The van der Waals surface area contributed by atoms with E-state index in [2.05, 4.69) is 5.10 Å². The van der Waals surface area contributed by atoms with Crippen LogP contribution in [0.3, 0.4) is 0 Å². The molecule has 0 aliphatic carbocycles. The molecule has 1 heterocycles. The quantitative estimate of drug-likeness (QED) is 0.787. The standard InChI is InChI=1S/C12H12N2O2/c1-8-3-4-11(9(2)5-8)14-12(16)6-10(15)7-13-14/h3-7,15H,1-2H3. The van der Waals surface area contributed by atoms with Gasteiger partial charge in [-0.05, 0) is 25.5 Å². The van der Waals surface area contributed by atoms with Gasteiger partial charge in [-0.25, -0.2) is 0 Å². The van der Waals surface area contributed by atoms with Crippen molar-refractivity contribution in [1.82, 2.24) is 9.78 Å². The summed E-state index contributed by atoms with van der Waals surface area (Å²) in [6.45, 7) is 3.91. The summed E-state index contributed by atoms with van der Waals surface area (Å²) < 4.78 is 1.27. The SMILES string of the molecule is Cc1ccc(-n2ncc(O)cc2=O)c(C)c1. The molecule has 1 aromatic carbocycles. The molecule has 0 unspecified atom stereocenters. The van der Waals surface area contributed by atoms with E-state index in [1.807, 2.05) is 32.0 Å². The van der Waals surface area contributed by atoms with E-state index in [9.17, 15) is 4.79 Å². The van der Waals surface area contributed by atoms with Gasteiger partial charge in [0.2, 0.25) is 0 Å². The molecule has 0 amide bonds. The topological polar surface area (TPSA) is 55.1 Å². The number of aryl methyl sites for hydroxylation is 2. The van der Waals surface area contributed by atoms with Gasteiger partial charge in [0.25, 0.3) is 5.56 Å². The molecule has 2 rings (SSSR count). The predicted molar refractivity (Wildman–Crippen MR) is 61.0 cm³/mol. The average Bonchev–Trinajstić information content (AvgIpc) is 2.19. The van der Waals surface area contributed by atoms with Crippen LogP contribution in [0.2, 0.25) is 0 Å². The molecular weight excluding hydrogens is 204 g/mol. The van der Waals surface area contributed by atoms with Crippen molar-refractivity contribution in [2.24, 2.45) is 0 Å². The van der Waals surface area contributed by atoms with Crippen LogP contribution in [0.4, 0.5) is 0 Å². The van der Waals surface area contributed by atoms with Crippen molar-refractivity contribution < 1.29 is 5.11 Å². The van der Waals surface area contributed by atoms with Crippen molar-refractivity contribution in [2.45, 2.75) is 13.8 Å². The highest BCUT2D eigenvalue weighted by molar-refractivity contribution is 5.41. The minimum Gasteiger partial charge on any atom is -0.506 e. The second-order valence-corrected chi connectivity index (χ2v) is 3.75. The number of aromatic nitrogens is 2. The van der Waals surface area contributed by atoms with Gasteiger partial charge in [0.05, 0.1) is 11.9 Å². The van der Waals surface area contributed by atoms with Gasteiger partial charge >= 0.3 is 0 Å². The number of rotatable bonds is 1. The monoisotopic (exact) mass is 216 g/mol. The average molecular weight is 216 g/mol. The third kappa shape index (κ3) is 1.82. The molecule has 1 aromatic heterocycles. The molecule has 0 radical (unpaired) electrons. The largest absolute Gasteiger partial charge is 0.506 e. The minimum atomic E-state index is -0.341. The smallest absolute Gasteiger partial charge is 0.275 e. The zero-order chi connectivity index (χ0) is 11.7. The molecule has 0 saturated heterocycles. The molecule has 4 heteroatoms. The fourth-order valence-corrected chi connectivity index (χ4v) is 1.62. The Labute approximate surface area is 92.8 Å². The van der Waals surface area contributed by atoms with E-state index < -0.39 is 0 Å². The van der Waals surface area contributed by atoms with Gasteiger partial charge in [-0.2, -0.15) is 9.78 Å². The summed E-state index contributed by atoms with van der Waals surface area (Å²) in [7, 11) is 0. The Morgan fingerprint density at radius 2 is 2.00 bits per heavy atom. The van der Waals surface area contributed by atoms with Crippen LogP contribution in [-0.4, -0.2) is 14.9 Å². The minimum absolute atomic E-state index is 0.119. The summed E-state index contributed by atoms with van der Waals surface area (Å²) in [6, 6.07) is 6.89. The second-order valence-electron chi connectivity index (χ2n) is 3.75. The fraction of sp³-hybridized carbons (Fsp3) is 0.167. The van der Waals surface area contributed by atoms with Crippen LogP contribution >= 0.6 is 0 Å². The predicted octanol–water partition coefficient (Wildman–Crippen LogP) is 1.55. The first-order chi connectivity index (χ1) is 7.58. The van der Waals surface area contributed by atoms with Crippen LogP contribution in [0.1, 0.15) is 11.1 Å². The lowest BCUT2D eigenvalue weighted by molar-refractivity contribution is 0.467. The number of hydrogen-bond acceptors (Lipinski definition) is 3. The van der Waals surface area contributed by atoms with Crippen LogP contribution < -0.4 is 5.56 Å². The van der Waals surface area contributed by atoms with E-state index in [-0.39, 0.29) is 11.3 Å². The zero-order valence-electron chi connectivity index (χ0n) is 9.14. The maximum atomic E-state index is 11.6. The number of nitrogens with zero attached hydrogens (tertiary/aromatic N) is 2. The molecule has 0 saturated carbocycles. The fourth-order valence-electron chi connectivity index (χ4n) is 1.62. The Bertz CT molecular complexity index is 588.